The van der Waals surface area contributed by atoms with Crippen LogP contribution in [0.3, 0.4) is 0 Å². The smallest absolute Gasteiger partial charge is 0.319 e. The predicted octanol–water partition coefficient (Wildman–Crippen LogP) is 2.89. The maximum absolute atomic E-state index is 11.4. The maximum Gasteiger partial charge on any atom is 0.319 e. The van der Waals surface area contributed by atoms with Gasteiger partial charge in [0.1, 0.15) is 0 Å². The molecule has 0 radical (unpaired) electrons. The van der Waals surface area contributed by atoms with E-state index in [4.69, 9.17) is 23.2 Å². The predicted molar refractivity (Wildman–Crippen MR) is 69.8 cm³/mol. The number of carbonyl (C=O) groups excluding carboxylic acids is 1. The topological polar surface area (TPSA) is 61.4 Å². The average molecular weight is 277 g/mol. The largest absolute Gasteiger partial charge is 0.391 e. The summed E-state index contributed by atoms with van der Waals surface area (Å²) in [5, 5.41) is 15.3. The molecule has 1 aromatic rings. The van der Waals surface area contributed by atoms with E-state index in [0.717, 1.165) is 0 Å². The quantitative estimate of drug-likeness (QED) is 0.792. The molecule has 0 heterocycles. The van der Waals surface area contributed by atoms with Gasteiger partial charge >= 0.3 is 6.03 Å². The fourth-order valence-electron chi connectivity index (χ4n) is 1.16. The Balaban J connectivity index is 2.50. The summed E-state index contributed by atoms with van der Waals surface area (Å²) in [6.45, 7) is 2.04. The third kappa shape index (κ3) is 5.26. The minimum atomic E-state index is -0.538. The van der Waals surface area contributed by atoms with Crippen LogP contribution >= 0.6 is 23.2 Å². The molecule has 6 heteroatoms. The van der Waals surface area contributed by atoms with Crippen LogP contribution in [0, 0.1) is 0 Å². The van der Waals surface area contributed by atoms with Gasteiger partial charge in [-0.1, -0.05) is 30.1 Å². The Morgan fingerprint density at radius 3 is 2.47 bits per heavy atom. The third-order valence-corrected chi connectivity index (χ3v) is 2.53. The number of amides is 2. The Morgan fingerprint density at radius 2 is 1.94 bits per heavy atom. The first-order valence-corrected chi connectivity index (χ1v) is 5.96. The summed E-state index contributed by atoms with van der Waals surface area (Å²) >= 11 is 11.6. The van der Waals surface area contributed by atoms with Crippen LogP contribution in [0.4, 0.5) is 10.5 Å². The fraction of sp³-hybridized carbons (Fsp3) is 0.364. The van der Waals surface area contributed by atoms with Gasteiger partial charge in [-0.3, -0.25) is 0 Å². The zero-order chi connectivity index (χ0) is 12.8. The van der Waals surface area contributed by atoms with E-state index in [1.54, 1.807) is 18.2 Å². The first kappa shape index (κ1) is 14.1. The van der Waals surface area contributed by atoms with E-state index in [9.17, 15) is 9.90 Å². The lowest BCUT2D eigenvalue weighted by atomic mass is 10.3. The Bertz CT molecular complexity index is 379. The van der Waals surface area contributed by atoms with Crippen LogP contribution in [0.5, 0.6) is 0 Å². The normalized spacial score (nSPS) is 12.0. The summed E-state index contributed by atoms with van der Waals surface area (Å²) in [5.74, 6) is 0. The second-order valence-electron chi connectivity index (χ2n) is 3.56. The van der Waals surface area contributed by atoms with Crippen molar-refractivity contribution in [3.05, 3.63) is 28.2 Å². The molecular weight excluding hydrogens is 263 g/mol. The zero-order valence-corrected chi connectivity index (χ0v) is 10.8. The highest BCUT2D eigenvalue weighted by Crippen LogP contribution is 2.22. The van der Waals surface area contributed by atoms with Gasteiger partial charge in [-0.15, -0.1) is 0 Å². The Kier molecular flexibility index (Phi) is 5.55. The Morgan fingerprint density at radius 1 is 1.35 bits per heavy atom. The molecule has 1 rings (SSSR count). The molecule has 0 aromatic heterocycles. The van der Waals surface area contributed by atoms with E-state index in [1.165, 1.54) is 0 Å². The molecule has 0 spiro atoms. The van der Waals surface area contributed by atoms with Gasteiger partial charge in [0.25, 0.3) is 0 Å². The SMILES string of the molecule is CCC(O)CNC(=O)Nc1cc(Cl)cc(Cl)c1. The molecule has 1 atom stereocenters. The number of hydrogen-bond donors (Lipinski definition) is 3. The first-order valence-electron chi connectivity index (χ1n) is 5.20. The molecule has 17 heavy (non-hydrogen) atoms. The number of carbonyl (C=O) groups is 1. The van der Waals surface area contributed by atoms with Crippen molar-refractivity contribution in [2.75, 3.05) is 11.9 Å². The number of nitrogens with one attached hydrogen (secondary N) is 2. The van der Waals surface area contributed by atoms with Crippen molar-refractivity contribution in [1.29, 1.82) is 0 Å². The second-order valence-corrected chi connectivity index (χ2v) is 4.43. The fourth-order valence-corrected chi connectivity index (χ4v) is 1.68. The van der Waals surface area contributed by atoms with E-state index in [0.29, 0.717) is 22.2 Å². The summed E-state index contributed by atoms with van der Waals surface area (Å²) < 4.78 is 0. The number of halogens is 2. The molecule has 4 nitrogen and oxygen atoms in total. The van der Waals surface area contributed by atoms with Gasteiger partial charge in [0.05, 0.1) is 6.10 Å². The lowest BCUT2D eigenvalue weighted by Gasteiger charge is -2.11. The average Bonchev–Trinajstić information content (AvgIpc) is 2.24. The van der Waals surface area contributed by atoms with Crippen molar-refractivity contribution in [3.63, 3.8) is 0 Å². The molecule has 0 aliphatic rings. The standard InChI is InChI=1S/C11H14Cl2N2O2/c1-2-10(16)6-14-11(17)15-9-4-7(12)3-8(13)5-9/h3-5,10,16H,2,6H2,1H3,(H2,14,15,17). The van der Waals surface area contributed by atoms with E-state index in [1.807, 2.05) is 6.92 Å². The zero-order valence-electron chi connectivity index (χ0n) is 9.34. The highest BCUT2D eigenvalue weighted by Gasteiger charge is 2.06. The van der Waals surface area contributed by atoms with Gasteiger partial charge in [0.2, 0.25) is 0 Å². The minimum Gasteiger partial charge on any atom is -0.391 e. The van der Waals surface area contributed by atoms with Crippen LogP contribution in [0.15, 0.2) is 18.2 Å². The highest BCUT2D eigenvalue weighted by molar-refractivity contribution is 6.35. The van der Waals surface area contributed by atoms with Gasteiger partial charge in [-0.25, -0.2) is 4.79 Å². The van der Waals surface area contributed by atoms with Crippen molar-refractivity contribution in [3.8, 4) is 0 Å². The molecule has 0 aliphatic heterocycles. The maximum atomic E-state index is 11.4. The molecule has 94 valence electrons. The number of rotatable bonds is 4. The van der Waals surface area contributed by atoms with Gasteiger partial charge in [0.15, 0.2) is 0 Å². The number of aliphatic hydroxyl groups excluding tert-OH is 1. The molecule has 0 saturated heterocycles. The van der Waals surface area contributed by atoms with Gasteiger partial charge in [-0.2, -0.15) is 0 Å². The van der Waals surface area contributed by atoms with E-state index in [2.05, 4.69) is 10.6 Å². The third-order valence-electron chi connectivity index (χ3n) is 2.09. The molecular formula is C11H14Cl2N2O2. The van der Waals surface area contributed by atoms with Crippen molar-refractivity contribution in [2.45, 2.75) is 19.4 Å². The molecule has 2 amide bonds. The van der Waals surface area contributed by atoms with Crippen LogP contribution in [0.2, 0.25) is 10.0 Å². The number of urea groups is 1. The minimum absolute atomic E-state index is 0.205. The summed E-state index contributed by atoms with van der Waals surface area (Å²) in [6, 6.07) is 4.34. The lowest BCUT2D eigenvalue weighted by molar-refractivity contribution is 0.168. The second kappa shape index (κ2) is 6.69. The first-order chi connectivity index (χ1) is 8.01. The van der Waals surface area contributed by atoms with Crippen LogP contribution < -0.4 is 10.6 Å². The molecule has 0 bridgehead atoms. The molecule has 0 fully saturated rings. The molecule has 0 aliphatic carbocycles. The van der Waals surface area contributed by atoms with E-state index >= 15 is 0 Å². The van der Waals surface area contributed by atoms with Gasteiger partial charge in [-0.05, 0) is 24.6 Å². The summed E-state index contributed by atoms with van der Waals surface area (Å²) in [4.78, 5) is 11.4. The van der Waals surface area contributed by atoms with E-state index < -0.39 is 12.1 Å². The Hall–Kier alpha value is -0.970. The number of benzene rings is 1. The highest BCUT2D eigenvalue weighted by atomic mass is 35.5. The van der Waals surface area contributed by atoms with Crippen molar-refractivity contribution in [1.82, 2.24) is 5.32 Å². The van der Waals surface area contributed by atoms with E-state index in [-0.39, 0.29) is 6.54 Å². The van der Waals surface area contributed by atoms with Crippen LogP contribution in [0.25, 0.3) is 0 Å². The molecule has 1 unspecified atom stereocenters. The number of hydrogen-bond acceptors (Lipinski definition) is 2. The van der Waals surface area contributed by atoms with Crippen molar-refractivity contribution >= 4 is 34.9 Å². The van der Waals surface area contributed by atoms with Crippen LogP contribution in [-0.4, -0.2) is 23.8 Å². The summed E-state index contributed by atoms with van der Waals surface area (Å²) in [7, 11) is 0. The Labute approximate surface area is 110 Å². The van der Waals surface area contributed by atoms with Gasteiger partial charge < -0.3 is 15.7 Å². The number of aliphatic hydroxyl groups is 1. The summed E-state index contributed by atoms with van der Waals surface area (Å²) in [6.07, 6.45) is 0.0483. The van der Waals surface area contributed by atoms with Gasteiger partial charge in [0, 0.05) is 22.3 Å². The molecule has 3 N–H and O–H groups in total. The summed E-state index contributed by atoms with van der Waals surface area (Å²) in [5.41, 5.74) is 0.506. The van der Waals surface area contributed by atoms with Crippen molar-refractivity contribution < 1.29 is 9.90 Å². The monoisotopic (exact) mass is 276 g/mol. The lowest BCUT2D eigenvalue weighted by Crippen LogP contribution is -2.34. The number of anilines is 1. The van der Waals surface area contributed by atoms with Crippen LogP contribution in [0.1, 0.15) is 13.3 Å². The van der Waals surface area contributed by atoms with Crippen molar-refractivity contribution in [2.24, 2.45) is 0 Å². The molecule has 0 saturated carbocycles. The molecule has 1 aromatic carbocycles. The van der Waals surface area contributed by atoms with Crippen LogP contribution in [-0.2, 0) is 0 Å².